The van der Waals surface area contributed by atoms with Gasteiger partial charge in [0.15, 0.2) is 0 Å². The van der Waals surface area contributed by atoms with E-state index in [4.69, 9.17) is 4.74 Å². The van der Waals surface area contributed by atoms with Crippen LogP contribution in [0.15, 0.2) is 18.2 Å². The summed E-state index contributed by atoms with van der Waals surface area (Å²) in [5.41, 5.74) is -0.953. The van der Waals surface area contributed by atoms with Crippen molar-refractivity contribution in [3.63, 3.8) is 0 Å². The van der Waals surface area contributed by atoms with E-state index in [9.17, 15) is 17.6 Å². The normalized spacial score (nSPS) is 24.3. The van der Waals surface area contributed by atoms with E-state index in [1.54, 1.807) is 0 Å². The number of hydrogen-bond donors (Lipinski definition) is 1. The van der Waals surface area contributed by atoms with Gasteiger partial charge in [0.2, 0.25) is 0 Å². The quantitative estimate of drug-likeness (QED) is 0.830. The van der Waals surface area contributed by atoms with E-state index in [1.807, 2.05) is 6.92 Å². The molecular weight excluding hydrogens is 262 g/mol. The van der Waals surface area contributed by atoms with Gasteiger partial charge in [0, 0.05) is 12.6 Å². The summed E-state index contributed by atoms with van der Waals surface area (Å²) in [5.74, 6) is -0.674. The second-order valence-corrected chi connectivity index (χ2v) is 4.74. The Morgan fingerprint density at radius 2 is 2.05 bits per heavy atom. The number of ether oxygens (including phenoxy) is 1. The third kappa shape index (κ3) is 3.59. The third-order valence-electron chi connectivity index (χ3n) is 3.14. The molecule has 2 atom stereocenters. The van der Waals surface area contributed by atoms with Gasteiger partial charge in [-0.05, 0) is 38.0 Å². The largest absolute Gasteiger partial charge is 0.416 e. The molecule has 106 valence electrons. The molecular formula is C13H15F4NO. The molecule has 0 amide bonds. The molecule has 0 aromatic heterocycles. The van der Waals surface area contributed by atoms with Crippen molar-refractivity contribution in [3.05, 3.63) is 29.6 Å². The zero-order valence-corrected chi connectivity index (χ0v) is 10.4. The zero-order chi connectivity index (χ0) is 14.0. The van der Waals surface area contributed by atoms with Crippen LogP contribution in [-0.4, -0.2) is 18.8 Å². The Hall–Kier alpha value is -1.30. The second kappa shape index (κ2) is 5.36. The zero-order valence-electron chi connectivity index (χ0n) is 10.4. The smallest absolute Gasteiger partial charge is 0.380 e. The number of hydrogen-bond acceptors (Lipinski definition) is 2. The lowest BCUT2D eigenvalue weighted by atomic mass is 10.0. The highest BCUT2D eigenvalue weighted by Gasteiger charge is 2.31. The summed E-state index contributed by atoms with van der Waals surface area (Å²) in [4.78, 5) is 0. The first-order chi connectivity index (χ1) is 8.86. The van der Waals surface area contributed by atoms with Crippen molar-refractivity contribution < 1.29 is 22.3 Å². The molecule has 1 heterocycles. The van der Waals surface area contributed by atoms with Crippen molar-refractivity contribution in [3.8, 4) is 0 Å². The summed E-state index contributed by atoms with van der Waals surface area (Å²) in [5, 5.41) is 2.84. The van der Waals surface area contributed by atoms with Crippen LogP contribution in [0.1, 0.15) is 25.3 Å². The summed E-state index contributed by atoms with van der Waals surface area (Å²) in [6, 6.07) is 2.33. The van der Waals surface area contributed by atoms with Gasteiger partial charge < -0.3 is 10.1 Å². The fourth-order valence-electron chi connectivity index (χ4n) is 2.16. The third-order valence-corrected chi connectivity index (χ3v) is 3.14. The maximum Gasteiger partial charge on any atom is 0.416 e. The second-order valence-electron chi connectivity index (χ2n) is 4.74. The van der Waals surface area contributed by atoms with Crippen molar-refractivity contribution in [1.29, 1.82) is 0 Å². The Balaban J connectivity index is 2.15. The lowest BCUT2D eigenvalue weighted by Crippen LogP contribution is -2.32. The van der Waals surface area contributed by atoms with Gasteiger partial charge in [-0.1, -0.05) is 0 Å². The van der Waals surface area contributed by atoms with Crippen LogP contribution in [0.3, 0.4) is 0 Å². The Kier molecular flexibility index (Phi) is 3.99. The van der Waals surface area contributed by atoms with E-state index < -0.39 is 17.6 Å². The molecule has 1 aliphatic heterocycles. The van der Waals surface area contributed by atoms with Gasteiger partial charge in [-0.25, -0.2) is 4.39 Å². The molecule has 2 nitrogen and oxygen atoms in total. The first-order valence-electron chi connectivity index (χ1n) is 6.11. The first-order valence-corrected chi connectivity index (χ1v) is 6.11. The molecule has 6 heteroatoms. The molecule has 19 heavy (non-hydrogen) atoms. The summed E-state index contributed by atoms with van der Waals surface area (Å²) in [7, 11) is 0. The van der Waals surface area contributed by atoms with Crippen LogP contribution in [0, 0.1) is 5.82 Å². The fraction of sp³-hybridized carbons (Fsp3) is 0.538. The number of rotatable bonds is 2. The highest BCUT2D eigenvalue weighted by atomic mass is 19.4. The predicted molar refractivity (Wildman–Crippen MR) is 63.5 cm³/mol. The van der Waals surface area contributed by atoms with Crippen molar-refractivity contribution in [2.24, 2.45) is 0 Å². The highest BCUT2D eigenvalue weighted by molar-refractivity contribution is 5.48. The van der Waals surface area contributed by atoms with Gasteiger partial charge >= 0.3 is 6.18 Å². The topological polar surface area (TPSA) is 21.3 Å². The maximum atomic E-state index is 13.5. The van der Waals surface area contributed by atoms with Crippen molar-refractivity contribution in [2.45, 2.75) is 38.1 Å². The number of anilines is 1. The number of benzene rings is 1. The van der Waals surface area contributed by atoms with Crippen LogP contribution in [0.4, 0.5) is 23.2 Å². The Labute approximate surface area is 108 Å². The minimum absolute atomic E-state index is 0.0279. The lowest BCUT2D eigenvalue weighted by molar-refractivity contribution is -0.137. The monoisotopic (exact) mass is 277 g/mol. The van der Waals surface area contributed by atoms with Gasteiger partial charge in [0.1, 0.15) is 5.82 Å². The van der Waals surface area contributed by atoms with Gasteiger partial charge in [-0.2, -0.15) is 13.2 Å². The predicted octanol–water partition coefficient (Wildman–Crippen LogP) is 3.82. The minimum atomic E-state index is -4.47. The van der Waals surface area contributed by atoms with Gasteiger partial charge in [-0.3, -0.25) is 0 Å². The molecule has 0 bridgehead atoms. The van der Waals surface area contributed by atoms with Crippen LogP contribution >= 0.6 is 0 Å². The van der Waals surface area contributed by atoms with E-state index >= 15 is 0 Å². The Morgan fingerprint density at radius 1 is 1.32 bits per heavy atom. The van der Waals surface area contributed by atoms with Gasteiger partial charge in [0.05, 0.1) is 17.4 Å². The van der Waals surface area contributed by atoms with E-state index in [-0.39, 0.29) is 17.8 Å². The molecule has 2 rings (SSSR count). The molecule has 0 aliphatic carbocycles. The van der Waals surface area contributed by atoms with Crippen molar-refractivity contribution in [2.75, 3.05) is 11.9 Å². The maximum absolute atomic E-state index is 13.5. The SMILES string of the molecule is CC1CC(Nc2cc(C(F)(F)F)ccc2F)CCO1. The Bertz CT molecular complexity index is 447. The first kappa shape index (κ1) is 14.1. The fourth-order valence-corrected chi connectivity index (χ4v) is 2.16. The molecule has 1 aromatic carbocycles. The number of nitrogens with one attached hydrogen (secondary N) is 1. The van der Waals surface area contributed by atoms with Crippen molar-refractivity contribution in [1.82, 2.24) is 0 Å². The summed E-state index contributed by atoms with van der Waals surface area (Å²) in [6.07, 6.45) is -3.14. The van der Waals surface area contributed by atoms with Crippen molar-refractivity contribution >= 4 is 5.69 Å². The molecule has 0 spiro atoms. The highest BCUT2D eigenvalue weighted by Crippen LogP contribution is 2.32. The molecule has 1 N–H and O–H groups in total. The Morgan fingerprint density at radius 3 is 2.68 bits per heavy atom. The average Bonchev–Trinajstić information content (AvgIpc) is 2.30. The minimum Gasteiger partial charge on any atom is -0.380 e. The molecule has 1 aromatic rings. The number of alkyl halides is 3. The van der Waals surface area contributed by atoms with E-state index in [0.717, 1.165) is 18.2 Å². The molecule has 1 aliphatic rings. The van der Waals surface area contributed by atoms with Crippen LogP contribution < -0.4 is 5.32 Å². The molecule has 1 saturated heterocycles. The molecule has 2 unspecified atom stereocenters. The average molecular weight is 277 g/mol. The lowest BCUT2D eigenvalue weighted by Gasteiger charge is -2.29. The molecule has 1 fully saturated rings. The van der Waals surface area contributed by atoms with Crippen LogP contribution in [0.5, 0.6) is 0 Å². The van der Waals surface area contributed by atoms with Gasteiger partial charge in [0.25, 0.3) is 0 Å². The molecule has 0 radical (unpaired) electrons. The number of halogens is 4. The van der Waals surface area contributed by atoms with Crippen LogP contribution in [0.2, 0.25) is 0 Å². The van der Waals surface area contributed by atoms with Gasteiger partial charge in [-0.15, -0.1) is 0 Å². The van der Waals surface area contributed by atoms with E-state index in [1.165, 1.54) is 0 Å². The molecule has 0 saturated carbocycles. The standard InChI is InChI=1S/C13H15F4NO/c1-8-6-10(4-5-19-8)18-12-7-9(13(15,16)17)2-3-11(12)14/h2-3,7-8,10,18H,4-6H2,1H3. The summed E-state index contributed by atoms with van der Waals surface area (Å²) < 4.78 is 56.6. The van der Waals surface area contributed by atoms with Crippen LogP contribution in [0.25, 0.3) is 0 Å². The van der Waals surface area contributed by atoms with Crippen LogP contribution in [-0.2, 0) is 10.9 Å². The van der Waals surface area contributed by atoms with E-state index in [0.29, 0.717) is 19.4 Å². The van der Waals surface area contributed by atoms with E-state index in [2.05, 4.69) is 5.32 Å². The summed E-state index contributed by atoms with van der Waals surface area (Å²) >= 11 is 0. The summed E-state index contributed by atoms with van der Waals surface area (Å²) in [6.45, 7) is 2.41.